The minimum Gasteiger partial charge on any atom is -0.394 e. The Bertz CT molecular complexity index is 1370. The highest BCUT2D eigenvalue weighted by Crippen LogP contribution is 2.30. The quantitative estimate of drug-likeness (QED) is 0.0204. The lowest BCUT2D eigenvalue weighted by Gasteiger charge is -2.46. The van der Waals surface area contributed by atoms with E-state index in [1.54, 1.807) is 0 Å². The van der Waals surface area contributed by atoms with Gasteiger partial charge in [0.15, 0.2) is 12.6 Å². The van der Waals surface area contributed by atoms with Crippen LogP contribution in [0.3, 0.4) is 0 Å². The molecule has 76 heavy (non-hydrogen) atoms. The molecular weight excluding hydrogens is 967 g/mol. The lowest BCUT2D eigenvalue weighted by molar-refractivity contribution is -0.359. The van der Waals surface area contributed by atoms with Crippen LogP contribution < -0.4 is 5.32 Å². The molecule has 9 N–H and O–H groups in total. The fourth-order valence-corrected chi connectivity index (χ4v) is 10.6. The van der Waals surface area contributed by atoms with Crippen LogP contribution in [0.2, 0.25) is 0 Å². The van der Waals surface area contributed by atoms with Crippen LogP contribution in [0.25, 0.3) is 0 Å². The average molecular weight is 1080 g/mol. The predicted molar refractivity (Wildman–Crippen MR) is 305 cm³/mol. The Balaban J connectivity index is 1.57. The third kappa shape index (κ3) is 33.3. The van der Waals surface area contributed by atoms with E-state index in [1.807, 2.05) is 0 Å². The van der Waals surface area contributed by atoms with Crippen LogP contribution in [-0.2, 0) is 23.7 Å². The molecule has 0 aromatic carbocycles. The second kappa shape index (κ2) is 48.2. The van der Waals surface area contributed by atoms with E-state index in [-0.39, 0.29) is 12.5 Å². The van der Waals surface area contributed by atoms with Gasteiger partial charge in [0.2, 0.25) is 5.91 Å². The Hall–Kier alpha value is -1.53. The van der Waals surface area contributed by atoms with Crippen molar-refractivity contribution in [2.24, 2.45) is 0 Å². The monoisotopic (exact) mass is 1080 g/mol. The molecule has 2 aliphatic heterocycles. The zero-order chi connectivity index (χ0) is 55.3. The van der Waals surface area contributed by atoms with E-state index < -0.39 is 86.8 Å². The Morgan fingerprint density at radius 3 is 1.32 bits per heavy atom. The maximum absolute atomic E-state index is 13.2. The Labute approximate surface area is 462 Å². The number of ether oxygens (including phenoxy) is 4. The summed E-state index contributed by atoms with van der Waals surface area (Å²) in [4.78, 5) is 13.2. The summed E-state index contributed by atoms with van der Waals surface area (Å²) >= 11 is 0. The highest BCUT2D eigenvalue weighted by Gasteiger charge is 2.51. The number of nitrogens with one attached hydrogen (secondary N) is 1. The van der Waals surface area contributed by atoms with Crippen molar-refractivity contribution in [1.82, 2.24) is 5.32 Å². The molecule has 14 nitrogen and oxygen atoms in total. The highest BCUT2D eigenvalue weighted by molar-refractivity contribution is 5.76. The number of hydrogen-bond donors (Lipinski definition) is 9. The minimum atomic E-state index is -1.78. The second-order valence-corrected chi connectivity index (χ2v) is 22.5. The number of amides is 1. The summed E-state index contributed by atoms with van der Waals surface area (Å²) in [6.07, 6.45) is 40.8. The van der Waals surface area contributed by atoms with Crippen LogP contribution in [-0.4, -0.2) is 140 Å². The molecule has 0 aliphatic carbocycles. The molecule has 2 saturated heterocycles. The number of aliphatic hydroxyl groups is 8. The zero-order valence-corrected chi connectivity index (χ0v) is 48.3. The summed E-state index contributed by atoms with van der Waals surface area (Å²) < 4.78 is 22.8. The SMILES string of the molecule is CCCCCCC/C=C\C/C=C\CCCCCCCCCCCCCCCCCCCCCCCC(=O)NC(COC1OC(CO)C(OC2OC(CO)C(O)C(O)C2O)C(O)C1O)C(O)CCCCCCCCCCC. The van der Waals surface area contributed by atoms with Crippen molar-refractivity contribution >= 4 is 5.91 Å². The number of carbonyl (C=O) groups is 1. The van der Waals surface area contributed by atoms with Crippen molar-refractivity contribution in [2.45, 2.75) is 344 Å². The van der Waals surface area contributed by atoms with E-state index in [0.29, 0.717) is 12.8 Å². The average Bonchev–Trinajstić information content (AvgIpc) is 3.42. The molecule has 0 aromatic rings. The van der Waals surface area contributed by atoms with Gasteiger partial charge >= 0.3 is 0 Å². The molecule has 448 valence electrons. The van der Waals surface area contributed by atoms with E-state index in [1.165, 1.54) is 186 Å². The Morgan fingerprint density at radius 2 is 0.868 bits per heavy atom. The van der Waals surface area contributed by atoms with Crippen molar-refractivity contribution in [3.8, 4) is 0 Å². The van der Waals surface area contributed by atoms with Crippen molar-refractivity contribution in [3.05, 3.63) is 24.3 Å². The van der Waals surface area contributed by atoms with Gasteiger partial charge in [-0.3, -0.25) is 4.79 Å². The molecular formula is C62H117NO13. The molecule has 12 unspecified atom stereocenters. The molecule has 0 bridgehead atoms. The number of hydrogen-bond acceptors (Lipinski definition) is 13. The van der Waals surface area contributed by atoms with Gasteiger partial charge in [0, 0.05) is 6.42 Å². The maximum atomic E-state index is 13.2. The third-order valence-corrected chi connectivity index (χ3v) is 15.7. The molecule has 0 saturated carbocycles. The molecule has 0 aromatic heterocycles. The van der Waals surface area contributed by atoms with Gasteiger partial charge in [-0.05, 0) is 44.9 Å². The van der Waals surface area contributed by atoms with Crippen molar-refractivity contribution < 1.29 is 64.6 Å². The summed E-state index contributed by atoms with van der Waals surface area (Å²) in [6, 6.07) is -0.823. The molecule has 12 atom stereocenters. The third-order valence-electron chi connectivity index (χ3n) is 15.7. The first kappa shape index (κ1) is 70.6. The number of carbonyl (C=O) groups excluding carboxylic acids is 1. The fraction of sp³-hybridized carbons (Fsp3) is 0.919. The molecule has 2 rings (SSSR count). The summed E-state index contributed by atoms with van der Waals surface area (Å²) in [7, 11) is 0. The molecule has 2 aliphatic rings. The van der Waals surface area contributed by atoms with Gasteiger partial charge in [-0.2, -0.15) is 0 Å². The van der Waals surface area contributed by atoms with E-state index >= 15 is 0 Å². The first-order valence-electron chi connectivity index (χ1n) is 31.6. The first-order chi connectivity index (χ1) is 37.1. The van der Waals surface area contributed by atoms with Crippen LogP contribution in [0.15, 0.2) is 24.3 Å². The highest BCUT2D eigenvalue weighted by atomic mass is 16.7. The van der Waals surface area contributed by atoms with E-state index in [2.05, 4.69) is 43.5 Å². The zero-order valence-electron chi connectivity index (χ0n) is 48.3. The molecule has 0 spiro atoms. The van der Waals surface area contributed by atoms with Crippen LogP contribution in [0.4, 0.5) is 0 Å². The molecule has 14 heteroatoms. The Morgan fingerprint density at radius 1 is 0.474 bits per heavy atom. The van der Waals surface area contributed by atoms with Gasteiger partial charge in [-0.1, -0.05) is 244 Å². The van der Waals surface area contributed by atoms with Crippen LogP contribution >= 0.6 is 0 Å². The van der Waals surface area contributed by atoms with Crippen molar-refractivity contribution in [2.75, 3.05) is 19.8 Å². The summed E-state index contributed by atoms with van der Waals surface area (Å²) in [5.41, 5.74) is 0. The molecule has 2 fully saturated rings. The van der Waals surface area contributed by atoms with Gasteiger partial charge in [0.1, 0.15) is 48.8 Å². The lowest BCUT2D eigenvalue weighted by Crippen LogP contribution is -2.65. The summed E-state index contributed by atoms with van der Waals surface area (Å²) in [5.74, 6) is -0.205. The standard InChI is InChI=1S/C62H117NO13/c1-3-5-7-9-11-13-14-15-16-17-18-19-20-21-22-23-24-25-26-27-28-29-30-31-32-33-34-35-36-38-40-42-44-46-54(67)63-50(51(66)45-43-41-39-37-12-10-8-6-4-2)49-73-61-59(72)57(70)60(53(48-65)75-61)76-62-58(71)56(69)55(68)52(47-64)74-62/h14-15,17-18,50-53,55-62,64-66,68-72H,3-13,16,19-49H2,1-2H3,(H,63,67)/b15-14-,18-17-. The van der Waals surface area contributed by atoms with E-state index in [0.717, 1.165) is 57.8 Å². The Kier molecular flexibility index (Phi) is 44.8. The minimum absolute atomic E-state index is 0.205. The summed E-state index contributed by atoms with van der Waals surface area (Å²) in [6.45, 7) is 2.84. The normalized spacial score (nSPS) is 25.0. The van der Waals surface area contributed by atoms with Gasteiger partial charge in [0.25, 0.3) is 0 Å². The number of aliphatic hydroxyl groups excluding tert-OH is 8. The fourth-order valence-electron chi connectivity index (χ4n) is 10.6. The lowest BCUT2D eigenvalue weighted by atomic mass is 9.97. The van der Waals surface area contributed by atoms with E-state index in [9.17, 15) is 45.6 Å². The van der Waals surface area contributed by atoms with Crippen LogP contribution in [0, 0.1) is 0 Å². The smallest absolute Gasteiger partial charge is 0.220 e. The van der Waals surface area contributed by atoms with Gasteiger partial charge in [-0.15, -0.1) is 0 Å². The van der Waals surface area contributed by atoms with Gasteiger partial charge in [-0.25, -0.2) is 0 Å². The summed E-state index contributed by atoms with van der Waals surface area (Å²) in [5, 5.41) is 87.0. The number of allylic oxidation sites excluding steroid dienone is 4. The molecule has 2 heterocycles. The maximum Gasteiger partial charge on any atom is 0.220 e. The van der Waals surface area contributed by atoms with Gasteiger partial charge < -0.3 is 65.1 Å². The van der Waals surface area contributed by atoms with Crippen molar-refractivity contribution in [3.63, 3.8) is 0 Å². The molecule has 0 radical (unpaired) electrons. The van der Waals surface area contributed by atoms with Crippen molar-refractivity contribution in [1.29, 1.82) is 0 Å². The first-order valence-corrected chi connectivity index (χ1v) is 31.6. The van der Waals surface area contributed by atoms with Crippen LogP contribution in [0.5, 0.6) is 0 Å². The number of unbranched alkanes of at least 4 members (excludes halogenated alkanes) is 34. The van der Waals surface area contributed by atoms with E-state index in [4.69, 9.17) is 18.9 Å². The van der Waals surface area contributed by atoms with Gasteiger partial charge in [0.05, 0.1) is 32.0 Å². The topological polar surface area (TPSA) is 228 Å². The molecule has 1 amide bonds. The second-order valence-electron chi connectivity index (χ2n) is 22.5. The largest absolute Gasteiger partial charge is 0.394 e. The van der Waals surface area contributed by atoms with Crippen LogP contribution in [0.1, 0.15) is 271 Å². The number of rotatable bonds is 51. The predicted octanol–water partition coefficient (Wildman–Crippen LogP) is 11.2.